The summed E-state index contributed by atoms with van der Waals surface area (Å²) >= 11 is 11.9. The molecule has 0 radical (unpaired) electrons. The molecule has 1 saturated heterocycles. The molecule has 5 heteroatoms. The van der Waals surface area contributed by atoms with Crippen LogP contribution >= 0.6 is 23.2 Å². The topological polar surface area (TPSA) is 46.2 Å². The van der Waals surface area contributed by atoms with Crippen molar-refractivity contribution in [3.63, 3.8) is 0 Å². The Labute approximate surface area is 115 Å². The van der Waals surface area contributed by atoms with Crippen LogP contribution in [-0.2, 0) is 4.79 Å². The van der Waals surface area contributed by atoms with Crippen molar-refractivity contribution in [2.75, 3.05) is 0 Å². The minimum Gasteiger partial charge on any atom is -0.346 e. The first-order chi connectivity index (χ1) is 8.59. The molecular weight excluding hydrogens is 273 g/mol. The summed E-state index contributed by atoms with van der Waals surface area (Å²) in [5, 5.41) is 3.34. The van der Waals surface area contributed by atoms with Crippen molar-refractivity contribution >= 4 is 34.9 Å². The van der Waals surface area contributed by atoms with Crippen LogP contribution < -0.4 is 5.32 Å². The van der Waals surface area contributed by atoms with E-state index in [9.17, 15) is 9.59 Å². The second-order valence-electron chi connectivity index (χ2n) is 4.33. The van der Waals surface area contributed by atoms with Crippen molar-refractivity contribution in [1.82, 2.24) is 5.32 Å². The minimum absolute atomic E-state index is 0.0796. The Morgan fingerprint density at radius 2 is 2.06 bits per heavy atom. The Balaban J connectivity index is 2.24. The van der Waals surface area contributed by atoms with E-state index in [1.165, 1.54) is 0 Å². The highest BCUT2D eigenvalue weighted by Gasteiger charge is 2.25. The fraction of sp³-hybridized carbons (Fsp3) is 0.385. The molecule has 0 saturated carbocycles. The summed E-state index contributed by atoms with van der Waals surface area (Å²) in [7, 11) is 0. The molecule has 1 aliphatic heterocycles. The molecule has 0 aliphatic carbocycles. The van der Waals surface area contributed by atoms with Crippen molar-refractivity contribution < 1.29 is 9.59 Å². The molecule has 1 heterocycles. The van der Waals surface area contributed by atoms with Gasteiger partial charge in [-0.2, -0.15) is 0 Å². The third-order valence-corrected chi connectivity index (χ3v) is 3.83. The van der Waals surface area contributed by atoms with E-state index < -0.39 is 6.04 Å². The molecule has 18 heavy (non-hydrogen) atoms. The lowest BCUT2D eigenvalue weighted by molar-refractivity contribution is -0.121. The van der Waals surface area contributed by atoms with Crippen LogP contribution in [0.25, 0.3) is 0 Å². The lowest BCUT2D eigenvalue weighted by Gasteiger charge is -2.15. The number of Topliss-reactive ketones (excluding diaryl/α,β-unsaturated/α-hetero) is 1. The van der Waals surface area contributed by atoms with E-state index in [1.807, 2.05) is 0 Å². The van der Waals surface area contributed by atoms with Crippen molar-refractivity contribution in [2.45, 2.75) is 31.7 Å². The number of carbonyl (C=O) groups is 2. The van der Waals surface area contributed by atoms with Gasteiger partial charge >= 0.3 is 0 Å². The smallest absolute Gasteiger partial charge is 0.220 e. The fourth-order valence-corrected chi connectivity index (χ4v) is 2.44. The first-order valence-electron chi connectivity index (χ1n) is 5.87. The van der Waals surface area contributed by atoms with Gasteiger partial charge in [-0.1, -0.05) is 35.7 Å². The molecular formula is C13H13Cl2NO2. The first-order valence-corrected chi connectivity index (χ1v) is 6.63. The maximum absolute atomic E-state index is 12.3. The number of rotatable bonds is 2. The highest BCUT2D eigenvalue weighted by molar-refractivity contribution is 6.44. The SMILES string of the molecule is O=C1CCCCC(C(=O)c2cccc(Cl)c2Cl)N1. The zero-order valence-electron chi connectivity index (χ0n) is 9.71. The summed E-state index contributed by atoms with van der Waals surface area (Å²) in [6, 6.07) is 4.45. The van der Waals surface area contributed by atoms with E-state index in [1.54, 1.807) is 18.2 Å². The minimum atomic E-state index is -0.490. The van der Waals surface area contributed by atoms with Crippen molar-refractivity contribution in [3.8, 4) is 0 Å². The number of amides is 1. The largest absolute Gasteiger partial charge is 0.346 e. The quantitative estimate of drug-likeness (QED) is 0.848. The molecule has 96 valence electrons. The van der Waals surface area contributed by atoms with Gasteiger partial charge in [0.15, 0.2) is 5.78 Å². The van der Waals surface area contributed by atoms with E-state index in [-0.39, 0.29) is 16.7 Å². The molecule has 1 N–H and O–H groups in total. The van der Waals surface area contributed by atoms with E-state index in [2.05, 4.69) is 5.32 Å². The van der Waals surface area contributed by atoms with Crippen LogP contribution in [0.2, 0.25) is 10.0 Å². The second kappa shape index (κ2) is 5.72. The molecule has 1 aromatic rings. The van der Waals surface area contributed by atoms with Gasteiger partial charge in [-0.3, -0.25) is 9.59 Å². The van der Waals surface area contributed by atoms with Crippen molar-refractivity contribution in [3.05, 3.63) is 33.8 Å². The zero-order valence-corrected chi connectivity index (χ0v) is 11.2. The van der Waals surface area contributed by atoms with Crippen LogP contribution in [0.3, 0.4) is 0 Å². The fourth-order valence-electron chi connectivity index (χ4n) is 2.05. The Kier molecular flexibility index (Phi) is 4.25. The van der Waals surface area contributed by atoms with Gasteiger partial charge in [0.05, 0.1) is 16.1 Å². The third kappa shape index (κ3) is 2.85. The van der Waals surface area contributed by atoms with Gasteiger partial charge in [-0.25, -0.2) is 0 Å². The van der Waals surface area contributed by atoms with Gasteiger partial charge in [0, 0.05) is 12.0 Å². The standard InChI is InChI=1S/C13H13Cl2NO2/c14-9-5-3-4-8(12(9)15)13(18)10-6-1-2-7-11(17)16-10/h3-5,10H,1-2,6-7H2,(H,16,17). The number of halogens is 2. The maximum Gasteiger partial charge on any atom is 0.220 e. The van der Waals surface area contributed by atoms with Crippen LogP contribution in [0.5, 0.6) is 0 Å². The predicted molar refractivity (Wildman–Crippen MR) is 71.2 cm³/mol. The number of hydrogen-bond donors (Lipinski definition) is 1. The van der Waals surface area contributed by atoms with E-state index in [0.29, 0.717) is 23.4 Å². The maximum atomic E-state index is 12.3. The Hall–Kier alpha value is -1.06. The van der Waals surface area contributed by atoms with Gasteiger partial charge in [0.25, 0.3) is 0 Å². The van der Waals surface area contributed by atoms with Crippen molar-refractivity contribution in [1.29, 1.82) is 0 Å². The molecule has 0 aromatic heterocycles. The lowest BCUT2D eigenvalue weighted by Crippen LogP contribution is -2.39. The summed E-state index contributed by atoms with van der Waals surface area (Å²) < 4.78 is 0. The van der Waals surface area contributed by atoms with Crippen LogP contribution in [0.4, 0.5) is 0 Å². The van der Waals surface area contributed by atoms with Crippen LogP contribution in [-0.4, -0.2) is 17.7 Å². The Morgan fingerprint density at radius 1 is 1.28 bits per heavy atom. The van der Waals surface area contributed by atoms with Gasteiger partial charge in [-0.15, -0.1) is 0 Å². The highest BCUT2D eigenvalue weighted by atomic mass is 35.5. The van der Waals surface area contributed by atoms with Gasteiger partial charge in [0.2, 0.25) is 5.91 Å². The summed E-state index contributed by atoms with van der Waals surface area (Å²) in [5.41, 5.74) is 0.372. The summed E-state index contributed by atoms with van der Waals surface area (Å²) in [4.78, 5) is 23.8. The van der Waals surface area contributed by atoms with E-state index >= 15 is 0 Å². The van der Waals surface area contributed by atoms with Gasteiger partial charge in [0.1, 0.15) is 0 Å². The van der Waals surface area contributed by atoms with E-state index in [4.69, 9.17) is 23.2 Å². The summed E-state index contributed by atoms with van der Waals surface area (Å²) in [5.74, 6) is -0.248. The Bertz CT molecular complexity index is 488. The number of ketones is 1. The van der Waals surface area contributed by atoms with Crippen LogP contribution in [0.15, 0.2) is 18.2 Å². The molecule has 1 atom stereocenters. The number of benzene rings is 1. The van der Waals surface area contributed by atoms with Gasteiger partial charge in [-0.05, 0) is 25.0 Å². The monoisotopic (exact) mass is 285 g/mol. The molecule has 1 aliphatic rings. The van der Waals surface area contributed by atoms with Crippen molar-refractivity contribution in [2.24, 2.45) is 0 Å². The number of carbonyl (C=O) groups excluding carboxylic acids is 2. The first kappa shape index (κ1) is 13.4. The Morgan fingerprint density at radius 3 is 2.83 bits per heavy atom. The van der Waals surface area contributed by atoms with Crippen LogP contribution in [0.1, 0.15) is 36.0 Å². The lowest BCUT2D eigenvalue weighted by atomic mass is 10.0. The molecule has 1 amide bonds. The average Bonchev–Trinajstić information content (AvgIpc) is 2.56. The molecule has 0 bridgehead atoms. The molecule has 3 nitrogen and oxygen atoms in total. The number of nitrogens with one attached hydrogen (secondary N) is 1. The molecule has 2 rings (SSSR count). The predicted octanol–water partition coefficient (Wildman–Crippen LogP) is 3.23. The van der Waals surface area contributed by atoms with Gasteiger partial charge < -0.3 is 5.32 Å². The summed E-state index contributed by atoms with van der Waals surface area (Å²) in [6.45, 7) is 0. The average molecular weight is 286 g/mol. The third-order valence-electron chi connectivity index (χ3n) is 3.02. The zero-order chi connectivity index (χ0) is 13.1. The molecule has 1 fully saturated rings. The summed E-state index contributed by atoms with van der Waals surface area (Å²) in [6.07, 6.45) is 2.80. The molecule has 1 aromatic carbocycles. The normalized spacial score (nSPS) is 20.1. The van der Waals surface area contributed by atoms with E-state index in [0.717, 1.165) is 12.8 Å². The highest BCUT2D eigenvalue weighted by Crippen LogP contribution is 2.27. The molecule has 0 spiro atoms. The second-order valence-corrected chi connectivity index (χ2v) is 5.12. The molecule has 1 unspecified atom stereocenters. The number of hydrogen-bond acceptors (Lipinski definition) is 2. The van der Waals surface area contributed by atoms with Crippen LogP contribution in [0, 0.1) is 0 Å².